The summed E-state index contributed by atoms with van der Waals surface area (Å²) in [5, 5.41) is 9.45. The molecular weight excluding hydrogens is 679 g/mol. The SMILES string of the molecule is CCCCCCCCCCCCNC(=O)CCCCCC(CCC(=O)NCCCCCCCCCCCC)CCC(=O)NCCCCCCCCCCCC. The van der Waals surface area contributed by atoms with Crippen molar-refractivity contribution in [2.24, 2.45) is 5.92 Å². The zero-order valence-electron chi connectivity index (χ0n) is 37.5. The van der Waals surface area contributed by atoms with E-state index < -0.39 is 0 Å². The Morgan fingerprint density at radius 3 is 0.855 bits per heavy atom. The molecule has 0 radical (unpaired) electrons. The summed E-state index contributed by atoms with van der Waals surface area (Å²) in [4.78, 5) is 37.8. The van der Waals surface area contributed by atoms with Crippen LogP contribution in [-0.2, 0) is 14.4 Å². The molecule has 0 fully saturated rings. The van der Waals surface area contributed by atoms with E-state index in [1.54, 1.807) is 0 Å². The Kier molecular flexibility index (Phi) is 43.8. The highest BCUT2D eigenvalue weighted by Crippen LogP contribution is 2.22. The maximum atomic E-state index is 12.7. The molecule has 0 atom stereocenters. The molecule has 6 nitrogen and oxygen atoms in total. The van der Waals surface area contributed by atoms with Crippen LogP contribution in [0.25, 0.3) is 0 Å². The van der Waals surface area contributed by atoms with E-state index in [0.29, 0.717) is 25.2 Å². The van der Waals surface area contributed by atoms with Gasteiger partial charge in [0.2, 0.25) is 17.7 Å². The van der Waals surface area contributed by atoms with Gasteiger partial charge in [-0.05, 0) is 44.4 Å². The predicted molar refractivity (Wildman–Crippen MR) is 240 cm³/mol. The van der Waals surface area contributed by atoms with Crippen molar-refractivity contribution in [2.45, 2.75) is 271 Å². The number of carbonyl (C=O) groups excluding carboxylic acids is 3. The molecular formula is C49H97N3O3. The Bertz CT molecular complexity index is 777. The molecule has 0 heterocycles. The fourth-order valence-electron chi connectivity index (χ4n) is 7.78. The second kappa shape index (κ2) is 45.1. The highest BCUT2D eigenvalue weighted by atomic mass is 16.2. The van der Waals surface area contributed by atoms with Crippen molar-refractivity contribution in [1.29, 1.82) is 0 Å². The van der Waals surface area contributed by atoms with Gasteiger partial charge in [0.15, 0.2) is 0 Å². The highest BCUT2D eigenvalue weighted by Gasteiger charge is 2.14. The summed E-state index contributed by atoms with van der Waals surface area (Å²) in [7, 11) is 0. The van der Waals surface area contributed by atoms with E-state index in [1.165, 1.54) is 173 Å². The van der Waals surface area contributed by atoms with Gasteiger partial charge in [0.05, 0.1) is 0 Å². The molecule has 326 valence electrons. The minimum Gasteiger partial charge on any atom is -0.356 e. The van der Waals surface area contributed by atoms with Crippen LogP contribution < -0.4 is 16.0 Å². The lowest BCUT2D eigenvalue weighted by Gasteiger charge is -2.17. The molecule has 0 aromatic heterocycles. The van der Waals surface area contributed by atoms with Crippen LogP contribution >= 0.6 is 0 Å². The summed E-state index contributed by atoms with van der Waals surface area (Å²) < 4.78 is 0. The van der Waals surface area contributed by atoms with Gasteiger partial charge in [-0.1, -0.05) is 213 Å². The molecule has 0 bridgehead atoms. The Morgan fingerprint density at radius 1 is 0.291 bits per heavy atom. The maximum Gasteiger partial charge on any atom is 0.220 e. The third-order valence-corrected chi connectivity index (χ3v) is 11.6. The molecule has 6 heteroatoms. The Hall–Kier alpha value is -1.59. The van der Waals surface area contributed by atoms with Crippen LogP contribution in [0.15, 0.2) is 0 Å². The average Bonchev–Trinajstić information content (AvgIpc) is 3.18. The van der Waals surface area contributed by atoms with E-state index >= 15 is 0 Å². The zero-order valence-corrected chi connectivity index (χ0v) is 37.5. The first-order valence-corrected chi connectivity index (χ1v) is 24.8. The summed E-state index contributed by atoms with van der Waals surface area (Å²) in [5.41, 5.74) is 0. The fourth-order valence-corrected chi connectivity index (χ4v) is 7.78. The number of nitrogens with one attached hydrogen (secondary N) is 3. The first kappa shape index (κ1) is 53.4. The monoisotopic (exact) mass is 776 g/mol. The van der Waals surface area contributed by atoms with E-state index in [-0.39, 0.29) is 17.7 Å². The van der Waals surface area contributed by atoms with Gasteiger partial charge < -0.3 is 16.0 Å². The quantitative estimate of drug-likeness (QED) is 0.0538. The second-order valence-electron chi connectivity index (χ2n) is 17.1. The first-order chi connectivity index (χ1) is 27.0. The van der Waals surface area contributed by atoms with Gasteiger partial charge in [-0.25, -0.2) is 0 Å². The van der Waals surface area contributed by atoms with Crippen molar-refractivity contribution in [1.82, 2.24) is 16.0 Å². The van der Waals surface area contributed by atoms with Gasteiger partial charge in [-0.3, -0.25) is 14.4 Å². The molecule has 0 rings (SSSR count). The lowest BCUT2D eigenvalue weighted by atomic mass is 9.91. The number of amides is 3. The van der Waals surface area contributed by atoms with Crippen LogP contribution in [0.5, 0.6) is 0 Å². The molecule has 3 amide bonds. The van der Waals surface area contributed by atoms with E-state index in [9.17, 15) is 14.4 Å². The molecule has 0 saturated heterocycles. The van der Waals surface area contributed by atoms with E-state index in [0.717, 1.165) is 77.4 Å². The second-order valence-corrected chi connectivity index (χ2v) is 17.1. The number of unbranched alkanes of at least 4 members (excludes halogenated alkanes) is 29. The summed E-state index contributed by atoms with van der Waals surface area (Å²) >= 11 is 0. The predicted octanol–water partition coefficient (Wildman–Crippen LogP) is 14.2. The van der Waals surface area contributed by atoms with Crippen molar-refractivity contribution in [2.75, 3.05) is 19.6 Å². The lowest BCUT2D eigenvalue weighted by molar-refractivity contribution is -0.122. The van der Waals surface area contributed by atoms with Crippen molar-refractivity contribution in [3.63, 3.8) is 0 Å². The lowest BCUT2D eigenvalue weighted by Crippen LogP contribution is -2.26. The van der Waals surface area contributed by atoms with Crippen molar-refractivity contribution in [3.05, 3.63) is 0 Å². The normalized spacial score (nSPS) is 11.3. The van der Waals surface area contributed by atoms with E-state index in [1.807, 2.05) is 0 Å². The van der Waals surface area contributed by atoms with E-state index in [2.05, 4.69) is 36.7 Å². The standard InChI is InChI=1S/C49H97N3O3/c1-4-7-10-13-16-19-22-25-28-34-43-50-47(53)38-33-31-32-37-46(39-41-48(54)51-44-35-29-26-23-20-17-14-11-8-5-2)40-42-49(55)52-45-36-30-27-24-21-18-15-12-9-6-3/h46H,4-45H2,1-3H3,(H,50,53)(H,51,54)(H,52,55). The molecule has 0 aromatic rings. The number of carbonyl (C=O) groups is 3. The van der Waals surface area contributed by atoms with Gasteiger partial charge in [0.1, 0.15) is 0 Å². The highest BCUT2D eigenvalue weighted by molar-refractivity contribution is 5.76. The van der Waals surface area contributed by atoms with Crippen molar-refractivity contribution >= 4 is 17.7 Å². The van der Waals surface area contributed by atoms with Gasteiger partial charge in [-0.2, -0.15) is 0 Å². The summed E-state index contributed by atoms with van der Waals surface area (Å²) in [6.07, 6.45) is 46.5. The van der Waals surface area contributed by atoms with Crippen LogP contribution in [0.4, 0.5) is 0 Å². The van der Waals surface area contributed by atoms with Crippen LogP contribution in [0.2, 0.25) is 0 Å². The fraction of sp³-hybridized carbons (Fsp3) is 0.939. The van der Waals surface area contributed by atoms with Crippen molar-refractivity contribution in [3.8, 4) is 0 Å². The van der Waals surface area contributed by atoms with Crippen LogP contribution in [0.3, 0.4) is 0 Å². The molecule has 55 heavy (non-hydrogen) atoms. The molecule has 0 unspecified atom stereocenters. The number of hydrogen-bond donors (Lipinski definition) is 3. The van der Waals surface area contributed by atoms with Gasteiger partial charge >= 0.3 is 0 Å². The largest absolute Gasteiger partial charge is 0.356 e. The summed E-state index contributed by atoms with van der Waals surface area (Å²) in [5.74, 6) is 0.873. The molecule has 3 N–H and O–H groups in total. The number of hydrogen-bond acceptors (Lipinski definition) is 3. The minimum atomic E-state index is 0.158. The maximum absolute atomic E-state index is 12.7. The minimum absolute atomic E-state index is 0.158. The molecule has 0 aliphatic carbocycles. The van der Waals surface area contributed by atoms with Crippen molar-refractivity contribution < 1.29 is 14.4 Å². The topological polar surface area (TPSA) is 87.3 Å². The Labute approximate surface area is 343 Å². The third kappa shape index (κ3) is 43.4. The zero-order chi connectivity index (χ0) is 40.1. The average molecular weight is 776 g/mol. The van der Waals surface area contributed by atoms with Gasteiger partial charge in [0, 0.05) is 38.9 Å². The summed E-state index contributed by atoms with van der Waals surface area (Å²) in [6, 6.07) is 0. The number of rotatable bonds is 45. The molecule has 0 saturated carbocycles. The van der Waals surface area contributed by atoms with Gasteiger partial charge in [0.25, 0.3) is 0 Å². The smallest absolute Gasteiger partial charge is 0.220 e. The Morgan fingerprint density at radius 2 is 0.545 bits per heavy atom. The molecule has 0 spiro atoms. The van der Waals surface area contributed by atoms with Crippen LogP contribution in [0, 0.1) is 5.92 Å². The van der Waals surface area contributed by atoms with Crippen LogP contribution in [0.1, 0.15) is 271 Å². The van der Waals surface area contributed by atoms with E-state index in [4.69, 9.17) is 0 Å². The first-order valence-electron chi connectivity index (χ1n) is 24.8. The Balaban J connectivity index is 4.27. The van der Waals surface area contributed by atoms with Gasteiger partial charge in [-0.15, -0.1) is 0 Å². The molecule has 0 aliphatic heterocycles. The molecule has 0 aliphatic rings. The molecule has 0 aromatic carbocycles. The third-order valence-electron chi connectivity index (χ3n) is 11.6. The summed E-state index contributed by atoms with van der Waals surface area (Å²) in [6.45, 7) is 9.17. The van der Waals surface area contributed by atoms with Crippen LogP contribution in [-0.4, -0.2) is 37.4 Å².